The first kappa shape index (κ1) is 59.2. The molecule has 0 spiro atoms. The second kappa shape index (κ2) is 25.1. The summed E-state index contributed by atoms with van der Waals surface area (Å²) in [5.74, 6) is 3.75. The standard InChI is InChI=1S/2C45H27N5O/c1-3-9-28(10-4-1)29-15-19-32(20-16-29)44-48-43(31-11-5-2-6-12-31)49-45(50-44)33-21-17-30(18-22-33)34-23-25-37-39(27-34)47-41-38(46-37)26-24-36-35-13-7-8-14-40(35)51-42(36)41;1-3-9-28(10-4-1)29-15-19-32(20-16-29)44-48-43(31-11-5-2-6-12-31)49-45(50-44)33-21-17-30(18-22-33)34-23-24-37-38(25-34)47-40-27-42-36(26-39(40)46-37)35-13-7-8-14-41(35)51-42/h2*1-27H. The van der Waals surface area contributed by atoms with E-state index >= 15 is 0 Å². The molecule has 0 aliphatic carbocycles. The second-order valence-corrected chi connectivity index (χ2v) is 25.1. The van der Waals surface area contributed by atoms with E-state index in [0.717, 1.165) is 155 Å². The van der Waals surface area contributed by atoms with Crippen LogP contribution in [0.5, 0.6) is 0 Å². The molecule has 102 heavy (non-hydrogen) atoms. The number of fused-ring (bicyclic) bond motifs is 11. The minimum absolute atomic E-state index is 0.614. The lowest BCUT2D eigenvalue weighted by atomic mass is 10.0. The Morgan fingerprint density at radius 1 is 0.157 bits per heavy atom. The Kier molecular flexibility index (Phi) is 14.6. The lowest BCUT2D eigenvalue weighted by molar-refractivity contribution is 0.669. The average Bonchev–Trinajstić information content (AvgIpc) is 1.62. The molecule has 0 saturated heterocycles. The topological polar surface area (TPSA) is 155 Å². The smallest absolute Gasteiger partial charge is 0.164 e. The Hall–Kier alpha value is -14.1. The van der Waals surface area contributed by atoms with Crippen LogP contribution in [0, 0.1) is 0 Å². The molecule has 6 heterocycles. The molecule has 12 nitrogen and oxygen atoms in total. The Morgan fingerprint density at radius 3 is 0.902 bits per heavy atom. The first-order valence-corrected chi connectivity index (χ1v) is 33.7. The predicted octanol–water partition coefficient (Wildman–Crippen LogP) is 22.4. The first-order valence-electron chi connectivity index (χ1n) is 33.7. The molecular formula is C90H54N10O2. The van der Waals surface area contributed by atoms with E-state index in [1.165, 1.54) is 11.1 Å². The van der Waals surface area contributed by atoms with Gasteiger partial charge in [-0.05, 0) is 99.1 Å². The van der Waals surface area contributed by atoms with Gasteiger partial charge in [0.05, 0.1) is 38.6 Å². The van der Waals surface area contributed by atoms with E-state index < -0.39 is 0 Å². The minimum Gasteiger partial charge on any atom is -0.456 e. The Labute approximate surface area is 583 Å². The molecule has 0 amide bonds. The SMILES string of the molecule is c1ccc(-c2ccc(-c3nc(-c4ccccc4)nc(-c4ccc(-c5ccc6nc7cc8c(cc7nc6c5)oc5ccccc58)cc4)n3)cc2)cc1.c1ccc(-c2ccc(-c3nc(-c4ccccc4)nc(-c4ccc(-c5ccc6nc7ccc8c9ccccc9oc8c7nc6c5)cc4)n3)cc2)cc1. The van der Waals surface area contributed by atoms with Crippen molar-refractivity contribution in [3.05, 3.63) is 328 Å². The van der Waals surface area contributed by atoms with Crippen molar-refractivity contribution in [3.8, 4) is 113 Å². The second-order valence-electron chi connectivity index (χ2n) is 25.1. The van der Waals surface area contributed by atoms with Crippen LogP contribution < -0.4 is 0 Å². The number of furan rings is 2. The van der Waals surface area contributed by atoms with Crippen molar-refractivity contribution in [2.45, 2.75) is 0 Å². The third-order valence-electron chi connectivity index (χ3n) is 18.7. The highest BCUT2D eigenvalue weighted by Gasteiger charge is 2.19. The van der Waals surface area contributed by atoms with E-state index in [0.29, 0.717) is 34.9 Å². The number of para-hydroxylation sites is 2. The summed E-state index contributed by atoms with van der Waals surface area (Å²) in [6.07, 6.45) is 0. The molecule has 0 aliphatic rings. The van der Waals surface area contributed by atoms with Crippen LogP contribution in [-0.2, 0) is 0 Å². The highest BCUT2D eigenvalue weighted by molar-refractivity contribution is 6.14. The Bertz CT molecular complexity index is 6580. The Balaban J connectivity index is 0.000000141. The summed E-state index contributed by atoms with van der Waals surface area (Å²) in [5.41, 5.74) is 24.2. The van der Waals surface area contributed by atoms with E-state index in [1.807, 2.05) is 158 Å². The summed E-state index contributed by atoms with van der Waals surface area (Å²) in [6, 6.07) is 111. The highest BCUT2D eigenvalue weighted by Crippen LogP contribution is 2.38. The van der Waals surface area contributed by atoms with Crippen LogP contribution in [0.3, 0.4) is 0 Å². The van der Waals surface area contributed by atoms with Gasteiger partial charge in [-0.15, -0.1) is 0 Å². The molecule has 0 radical (unpaired) electrons. The normalized spacial score (nSPS) is 11.5. The van der Waals surface area contributed by atoms with Gasteiger partial charge in [0.15, 0.2) is 40.5 Å². The summed E-state index contributed by atoms with van der Waals surface area (Å²) < 4.78 is 12.4. The van der Waals surface area contributed by atoms with Crippen LogP contribution in [0.2, 0.25) is 0 Å². The van der Waals surface area contributed by atoms with E-state index in [1.54, 1.807) is 0 Å². The molecule has 0 fully saturated rings. The summed E-state index contributed by atoms with van der Waals surface area (Å²) in [6.45, 7) is 0. The highest BCUT2D eigenvalue weighted by atomic mass is 16.3. The molecule has 476 valence electrons. The fraction of sp³-hybridized carbons (Fsp3) is 0. The van der Waals surface area contributed by atoms with Gasteiger partial charge in [-0.25, -0.2) is 49.8 Å². The molecule has 6 aromatic heterocycles. The van der Waals surface area contributed by atoms with Crippen molar-refractivity contribution in [1.29, 1.82) is 0 Å². The van der Waals surface area contributed by atoms with E-state index in [4.69, 9.17) is 58.7 Å². The van der Waals surface area contributed by atoms with Gasteiger partial charge in [-0.1, -0.05) is 267 Å². The maximum absolute atomic E-state index is 6.26. The molecule has 0 N–H and O–H groups in total. The fourth-order valence-electron chi connectivity index (χ4n) is 13.4. The third kappa shape index (κ3) is 11.2. The number of aromatic nitrogens is 10. The van der Waals surface area contributed by atoms with E-state index in [-0.39, 0.29) is 0 Å². The molecule has 0 saturated carbocycles. The lowest BCUT2D eigenvalue weighted by Gasteiger charge is -2.10. The summed E-state index contributed by atoms with van der Waals surface area (Å²) in [4.78, 5) is 49.5. The van der Waals surface area contributed by atoms with Crippen LogP contribution in [0.15, 0.2) is 336 Å². The zero-order valence-electron chi connectivity index (χ0n) is 54.5. The van der Waals surface area contributed by atoms with Crippen LogP contribution in [0.4, 0.5) is 0 Å². The van der Waals surface area contributed by atoms with Crippen LogP contribution in [-0.4, -0.2) is 49.8 Å². The number of benzene rings is 14. The predicted molar refractivity (Wildman–Crippen MR) is 410 cm³/mol. The molecule has 0 atom stereocenters. The summed E-state index contributed by atoms with van der Waals surface area (Å²) >= 11 is 0. The molecule has 20 aromatic rings. The number of nitrogens with zero attached hydrogens (tertiary/aromatic N) is 10. The van der Waals surface area contributed by atoms with Gasteiger partial charge in [0.1, 0.15) is 22.3 Å². The molecule has 12 heteroatoms. The maximum Gasteiger partial charge on any atom is 0.164 e. The molecule has 0 aliphatic heterocycles. The van der Waals surface area contributed by atoms with Gasteiger partial charge in [0.2, 0.25) is 0 Å². The maximum atomic E-state index is 6.26. The monoisotopic (exact) mass is 1310 g/mol. The summed E-state index contributed by atoms with van der Waals surface area (Å²) in [5, 5.41) is 4.25. The zero-order valence-corrected chi connectivity index (χ0v) is 54.5. The molecule has 20 rings (SSSR count). The van der Waals surface area contributed by atoms with Crippen molar-refractivity contribution >= 4 is 88.0 Å². The lowest BCUT2D eigenvalue weighted by Crippen LogP contribution is -2.00. The number of rotatable bonds is 10. The minimum atomic E-state index is 0.614. The van der Waals surface area contributed by atoms with Gasteiger partial charge < -0.3 is 8.83 Å². The molecular weight excluding hydrogens is 1250 g/mol. The van der Waals surface area contributed by atoms with Crippen molar-refractivity contribution in [3.63, 3.8) is 0 Å². The summed E-state index contributed by atoms with van der Waals surface area (Å²) in [7, 11) is 0. The average molecular weight is 1310 g/mol. The van der Waals surface area contributed by atoms with Gasteiger partial charge in [-0.2, -0.15) is 0 Å². The number of hydrogen-bond donors (Lipinski definition) is 0. The zero-order chi connectivity index (χ0) is 67.5. The van der Waals surface area contributed by atoms with Crippen LogP contribution in [0.1, 0.15) is 0 Å². The number of hydrogen-bond acceptors (Lipinski definition) is 12. The quantitative estimate of drug-likeness (QED) is 0.120. The Morgan fingerprint density at radius 2 is 0.451 bits per heavy atom. The van der Waals surface area contributed by atoms with E-state index in [9.17, 15) is 0 Å². The van der Waals surface area contributed by atoms with Crippen LogP contribution in [0.25, 0.3) is 201 Å². The van der Waals surface area contributed by atoms with E-state index in [2.05, 4.69) is 170 Å². The van der Waals surface area contributed by atoms with Gasteiger partial charge in [0.25, 0.3) is 0 Å². The first-order chi connectivity index (χ1) is 50.4. The molecule has 0 unspecified atom stereocenters. The van der Waals surface area contributed by atoms with Gasteiger partial charge >= 0.3 is 0 Å². The van der Waals surface area contributed by atoms with Crippen molar-refractivity contribution in [2.75, 3.05) is 0 Å². The van der Waals surface area contributed by atoms with Gasteiger partial charge in [-0.3, -0.25) is 0 Å². The third-order valence-corrected chi connectivity index (χ3v) is 18.7. The fourth-order valence-corrected chi connectivity index (χ4v) is 13.4. The van der Waals surface area contributed by atoms with Crippen LogP contribution >= 0.6 is 0 Å². The van der Waals surface area contributed by atoms with Crippen molar-refractivity contribution in [2.24, 2.45) is 0 Å². The van der Waals surface area contributed by atoms with Gasteiger partial charge in [0, 0.05) is 61.0 Å². The van der Waals surface area contributed by atoms with Crippen molar-refractivity contribution < 1.29 is 8.83 Å². The molecule has 14 aromatic carbocycles. The van der Waals surface area contributed by atoms with Crippen molar-refractivity contribution in [1.82, 2.24) is 49.8 Å². The largest absolute Gasteiger partial charge is 0.456 e. The molecule has 0 bridgehead atoms.